The molecule has 0 aliphatic rings. The molecule has 0 radical (unpaired) electrons. The highest BCUT2D eigenvalue weighted by atomic mass is 79.9. The molecule has 0 aliphatic heterocycles. The third kappa shape index (κ3) is 6.31. The van der Waals surface area contributed by atoms with Crippen molar-refractivity contribution in [2.45, 2.75) is 26.3 Å². The number of hydrogen-bond donors (Lipinski definition) is 3. The van der Waals surface area contributed by atoms with Crippen LogP contribution in [0.5, 0.6) is 0 Å². The van der Waals surface area contributed by atoms with E-state index in [1.165, 1.54) is 23.5 Å². The standard InChI is InChI=1S/C21H21BrFN5O2S/c1-3-12(2)17(25-20(30)24-16-10-6-14(22)7-11-16)18(29)26-21-28-27-19(31-21)13-4-8-15(23)9-5-13/h4-12,17H,3H2,1-2H3,(H2,24,25,30)(H,26,28,29)/t12-,17-/m0/s1. The SMILES string of the molecule is CC[C@H](C)[C@H](NC(=O)Nc1ccc(Br)cc1)C(=O)Nc1nnc(-c2ccc(F)cc2)s1. The Morgan fingerprint density at radius 2 is 1.74 bits per heavy atom. The molecule has 0 spiro atoms. The molecule has 0 fully saturated rings. The number of anilines is 2. The summed E-state index contributed by atoms with van der Waals surface area (Å²) in [6, 6.07) is 11.7. The Morgan fingerprint density at radius 1 is 1.06 bits per heavy atom. The number of amides is 3. The summed E-state index contributed by atoms with van der Waals surface area (Å²) in [6.07, 6.45) is 0.688. The van der Waals surface area contributed by atoms with Crippen LogP contribution in [-0.4, -0.2) is 28.2 Å². The van der Waals surface area contributed by atoms with Gasteiger partial charge in [0.25, 0.3) is 0 Å². The van der Waals surface area contributed by atoms with Crippen molar-refractivity contribution in [3.63, 3.8) is 0 Å². The number of nitrogens with zero attached hydrogens (tertiary/aromatic N) is 2. The van der Waals surface area contributed by atoms with Gasteiger partial charge >= 0.3 is 6.03 Å². The number of carbonyl (C=O) groups is 2. The molecule has 0 saturated carbocycles. The van der Waals surface area contributed by atoms with Crippen molar-refractivity contribution < 1.29 is 14.0 Å². The Hall–Kier alpha value is -2.85. The number of benzene rings is 2. The molecule has 0 bridgehead atoms. The van der Waals surface area contributed by atoms with Gasteiger partial charge in [-0.3, -0.25) is 10.1 Å². The van der Waals surface area contributed by atoms with Gasteiger partial charge in [0.2, 0.25) is 11.0 Å². The van der Waals surface area contributed by atoms with E-state index in [0.717, 1.165) is 4.47 Å². The van der Waals surface area contributed by atoms with Crippen LogP contribution in [0.4, 0.5) is 20.0 Å². The van der Waals surface area contributed by atoms with Crippen LogP contribution in [0.1, 0.15) is 20.3 Å². The summed E-state index contributed by atoms with van der Waals surface area (Å²) in [6.45, 7) is 3.82. The van der Waals surface area contributed by atoms with Crippen molar-refractivity contribution in [1.29, 1.82) is 0 Å². The highest BCUT2D eigenvalue weighted by Crippen LogP contribution is 2.26. The summed E-state index contributed by atoms with van der Waals surface area (Å²) < 4.78 is 14.0. The zero-order valence-electron chi connectivity index (χ0n) is 16.9. The molecule has 2 aromatic carbocycles. The smallest absolute Gasteiger partial charge is 0.319 e. The number of rotatable bonds is 7. The summed E-state index contributed by atoms with van der Waals surface area (Å²) in [5.74, 6) is -0.840. The predicted molar refractivity (Wildman–Crippen MR) is 123 cm³/mol. The topological polar surface area (TPSA) is 96.0 Å². The van der Waals surface area contributed by atoms with Gasteiger partial charge < -0.3 is 10.6 Å². The van der Waals surface area contributed by atoms with Gasteiger partial charge in [-0.1, -0.05) is 47.5 Å². The second-order valence-electron chi connectivity index (χ2n) is 6.88. The molecule has 2 atom stereocenters. The van der Waals surface area contributed by atoms with E-state index >= 15 is 0 Å². The fourth-order valence-electron chi connectivity index (χ4n) is 2.71. The Morgan fingerprint density at radius 3 is 2.39 bits per heavy atom. The van der Waals surface area contributed by atoms with Gasteiger partial charge in [0.05, 0.1) is 0 Å². The average Bonchev–Trinajstić information content (AvgIpc) is 3.22. The van der Waals surface area contributed by atoms with Crippen LogP contribution < -0.4 is 16.0 Å². The van der Waals surface area contributed by atoms with Gasteiger partial charge in [-0.05, 0) is 54.4 Å². The maximum atomic E-state index is 13.1. The maximum absolute atomic E-state index is 13.1. The number of nitrogens with one attached hydrogen (secondary N) is 3. The monoisotopic (exact) mass is 505 g/mol. The zero-order chi connectivity index (χ0) is 22.4. The Bertz CT molecular complexity index is 1040. The van der Waals surface area contributed by atoms with Gasteiger partial charge in [0, 0.05) is 15.7 Å². The highest BCUT2D eigenvalue weighted by Gasteiger charge is 2.27. The van der Waals surface area contributed by atoms with Crippen LogP contribution in [0, 0.1) is 11.7 Å². The third-order valence-electron chi connectivity index (χ3n) is 4.63. The van der Waals surface area contributed by atoms with Crippen LogP contribution >= 0.6 is 27.3 Å². The van der Waals surface area contributed by atoms with Crippen LogP contribution in [-0.2, 0) is 4.79 Å². The van der Waals surface area contributed by atoms with E-state index in [2.05, 4.69) is 42.1 Å². The first kappa shape index (κ1) is 22.8. The molecule has 0 unspecified atom stereocenters. The molecule has 0 aliphatic carbocycles. The average molecular weight is 506 g/mol. The first-order chi connectivity index (χ1) is 14.9. The summed E-state index contributed by atoms with van der Waals surface area (Å²) >= 11 is 4.51. The minimum Gasteiger partial charge on any atom is -0.326 e. The van der Waals surface area contributed by atoms with Gasteiger partial charge in [-0.25, -0.2) is 9.18 Å². The fraction of sp³-hybridized carbons (Fsp3) is 0.238. The normalized spacial score (nSPS) is 12.6. The van der Waals surface area contributed by atoms with E-state index in [4.69, 9.17) is 0 Å². The predicted octanol–water partition coefficient (Wildman–Crippen LogP) is 5.28. The molecule has 3 aromatic rings. The second-order valence-corrected chi connectivity index (χ2v) is 8.77. The van der Waals surface area contributed by atoms with Crippen molar-refractivity contribution in [3.05, 3.63) is 58.8 Å². The first-order valence-corrected chi connectivity index (χ1v) is 11.2. The molecular weight excluding hydrogens is 485 g/mol. The van der Waals surface area contributed by atoms with Gasteiger partial charge in [-0.15, -0.1) is 10.2 Å². The van der Waals surface area contributed by atoms with E-state index in [9.17, 15) is 14.0 Å². The molecule has 0 saturated heterocycles. The van der Waals surface area contributed by atoms with Crippen molar-refractivity contribution >= 4 is 50.0 Å². The molecule has 3 amide bonds. The lowest BCUT2D eigenvalue weighted by Gasteiger charge is -2.23. The Balaban J connectivity index is 1.66. The number of hydrogen-bond acceptors (Lipinski definition) is 5. The van der Waals surface area contributed by atoms with E-state index in [1.807, 2.05) is 26.0 Å². The third-order valence-corrected chi connectivity index (χ3v) is 6.05. The zero-order valence-corrected chi connectivity index (χ0v) is 19.3. The lowest BCUT2D eigenvalue weighted by Crippen LogP contribution is -2.49. The number of urea groups is 1. The first-order valence-electron chi connectivity index (χ1n) is 9.59. The van der Waals surface area contributed by atoms with E-state index in [1.54, 1.807) is 24.3 Å². The lowest BCUT2D eigenvalue weighted by atomic mass is 9.98. The minimum atomic E-state index is -0.765. The van der Waals surface area contributed by atoms with Crippen LogP contribution in [0.2, 0.25) is 0 Å². The maximum Gasteiger partial charge on any atom is 0.319 e. The largest absolute Gasteiger partial charge is 0.326 e. The molecule has 1 heterocycles. The minimum absolute atomic E-state index is 0.111. The van der Waals surface area contributed by atoms with Crippen LogP contribution in [0.3, 0.4) is 0 Å². The Labute approximate surface area is 191 Å². The molecule has 7 nitrogen and oxygen atoms in total. The quantitative estimate of drug-likeness (QED) is 0.406. The molecule has 1 aromatic heterocycles. The lowest BCUT2D eigenvalue weighted by molar-refractivity contribution is -0.119. The van der Waals surface area contributed by atoms with Gasteiger partial charge in [0.1, 0.15) is 16.9 Å². The summed E-state index contributed by atoms with van der Waals surface area (Å²) in [5, 5.41) is 17.1. The fourth-order valence-corrected chi connectivity index (χ4v) is 3.73. The molecular formula is C21H21BrFN5O2S. The summed E-state index contributed by atoms with van der Waals surface area (Å²) in [5.41, 5.74) is 1.31. The summed E-state index contributed by atoms with van der Waals surface area (Å²) in [7, 11) is 0. The second kappa shape index (κ2) is 10.5. The van der Waals surface area contributed by atoms with E-state index < -0.39 is 12.1 Å². The molecule has 10 heteroatoms. The van der Waals surface area contributed by atoms with Crippen LogP contribution in [0.25, 0.3) is 10.6 Å². The summed E-state index contributed by atoms with van der Waals surface area (Å²) in [4.78, 5) is 25.3. The molecule has 3 rings (SSSR count). The number of halogens is 2. The van der Waals surface area contributed by atoms with Gasteiger partial charge in [-0.2, -0.15) is 0 Å². The number of carbonyl (C=O) groups excluding carboxylic acids is 2. The molecule has 162 valence electrons. The van der Waals surface area contributed by atoms with Crippen LogP contribution in [0.15, 0.2) is 53.0 Å². The van der Waals surface area contributed by atoms with Crippen molar-refractivity contribution in [1.82, 2.24) is 15.5 Å². The highest BCUT2D eigenvalue weighted by molar-refractivity contribution is 9.10. The van der Waals surface area contributed by atoms with Crippen molar-refractivity contribution in [2.75, 3.05) is 10.6 Å². The van der Waals surface area contributed by atoms with Crippen molar-refractivity contribution in [2.24, 2.45) is 5.92 Å². The van der Waals surface area contributed by atoms with Gasteiger partial charge in [0.15, 0.2) is 0 Å². The number of aromatic nitrogens is 2. The van der Waals surface area contributed by atoms with Crippen molar-refractivity contribution in [3.8, 4) is 10.6 Å². The van der Waals surface area contributed by atoms with E-state index in [0.29, 0.717) is 27.8 Å². The van der Waals surface area contributed by atoms with E-state index in [-0.39, 0.29) is 17.6 Å². The molecule has 3 N–H and O–H groups in total. The molecule has 31 heavy (non-hydrogen) atoms. The Kier molecular flexibility index (Phi) is 7.69.